The summed E-state index contributed by atoms with van der Waals surface area (Å²) in [5.74, 6) is -0.257. The fraction of sp³-hybridized carbons (Fsp3) is 0.583. The Bertz CT molecular complexity index is 495. The van der Waals surface area contributed by atoms with E-state index in [1.165, 1.54) is 0 Å². The molecule has 2 amide bonds. The molecule has 0 saturated carbocycles. The van der Waals surface area contributed by atoms with Crippen LogP contribution in [0, 0.1) is 0 Å². The van der Waals surface area contributed by atoms with Gasteiger partial charge in [0.05, 0.1) is 0 Å². The van der Waals surface area contributed by atoms with E-state index >= 15 is 0 Å². The largest absolute Gasteiger partial charge is 0.480 e. The number of hydrogen-bond donors (Lipinski definition) is 7. The van der Waals surface area contributed by atoms with Crippen molar-refractivity contribution in [1.82, 2.24) is 16.1 Å². The Morgan fingerprint density at radius 3 is 1.79 bits per heavy atom. The molecule has 0 rings (SSSR count). The quantitative estimate of drug-likeness (QED) is 0.143. The lowest BCUT2D eigenvalue weighted by molar-refractivity contribution is -0.143. The summed E-state index contributed by atoms with van der Waals surface area (Å²) < 4.78 is 0. The first kappa shape index (κ1) is 21.3. The van der Waals surface area contributed by atoms with Crippen LogP contribution >= 0.6 is 0 Å². The molecular weight excluding hydrogens is 328 g/mol. The molecule has 0 aromatic carbocycles. The van der Waals surface area contributed by atoms with Gasteiger partial charge in [-0.15, -0.1) is 0 Å². The number of carboxylic acid groups (broad SMARTS) is 3. The van der Waals surface area contributed by atoms with Gasteiger partial charge >= 0.3 is 17.9 Å². The molecule has 12 nitrogen and oxygen atoms in total. The molecule has 8 N–H and O–H groups in total. The lowest BCUT2D eigenvalue weighted by Crippen LogP contribution is -2.44. The average Bonchev–Trinajstić information content (AvgIpc) is 2.49. The van der Waals surface area contributed by atoms with E-state index in [2.05, 4.69) is 10.6 Å². The molecule has 0 heterocycles. The highest BCUT2D eigenvalue weighted by Gasteiger charge is 2.22. The molecule has 0 saturated heterocycles. The Balaban J connectivity index is 4.35. The third kappa shape index (κ3) is 9.32. The summed E-state index contributed by atoms with van der Waals surface area (Å²) in [6.07, 6.45) is -0.976. The molecule has 0 aromatic heterocycles. The van der Waals surface area contributed by atoms with Crippen LogP contribution < -0.4 is 21.9 Å². The number of aliphatic carboxylic acids is 3. The second-order valence-corrected chi connectivity index (χ2v) is 4.76. The number of carbonyl (C=O) groups is 5. The minimum absolute atomic E-state index is 0.150. The minimum Gasteiger partial charge on any atom is -0.480 e. The van der Waals surface area contributed by atoms with E-state index in [1.807, 2.05) is 5.43 Å². The molecule has 0 aliphatic carbocycles. The van der Waals surface area contributed by atoms with Gasteiger partial charge in [0.25, 0.3) is 0 Å². The number of nitrogens with two attached hydrogens (primary N) is 1. The van der Waals surface area contributed by atoms with Gasteiger partial charge in [-0.1, -0.05) is 0 Å². The fourth-order valence-electron chi connectivity index (χ4n) is 1.62. The first-order chi connectivity index (χ1) is 11.2. The van der Waals surface area contributed by atoms with E-state index in [0.29, 0.717) is 0 Å². The smallest absolute Gasteiger partial charge is 0.326 e. The highest BCUT2D eigenvalue weighted by Crippen LogP contribution is 2.02. The molecule has 2 unspecified atom stereocenters. The van der Waals surface area contributed by atoms with Gasteiger partial charge in [-0.25, -0.2) is 10.2 Å². The lowest BCUT2D eigenvalue weighted by atomic mass is 10.1. The zero-order chi connectivity index (χ0) is 18.7. The zero-order valence-corrected chi connectivity index (χ0v) is 12.7. The monoisotopic (exact) mass is 348 g/mol. The van der Waals surface area contributed by atoms with Crippen molar-refractivity contribution in [3.8, 4) is 0 Å². The molecule has 24 heavy (non-hydrogen) atoms. The summed E-state index contributed by atoms with van der Waals surface area (Å²) in [6.45, 7) is -0.592. The van der Waals surface area contributed by atoms with Crippen molar-refractivity contribution in [2.45, 2.75) is 37.8 Å². The van der Waals surface area contributed by atoms with Crippen molar-refractivity contribution < 1.29 is 39.3 Å². The van der Waals surface area contributed by atoms with Crippen LogP contribution in [-0.2, 0) is 24.0 Å². The van der Waals surface area contributed by atoms with Gasteiger partial charge in [-0.2, -0.15) is 0 Å². The van der Waals surface area contributed by atoms with Crippen molar-refractivity contribution in [3.05, 3.63) is 0 Å². The third-order valence-electron chi connectivity index (χ3n) is 2.89. The maximum atomic E-state index is 11.6. The Kier molecular flexibility index (Phi) is 9.67. The van der Waals surface area contributed by atoms with Gasteiger partial charge in [-0.05, 0) is 12.8 Å². The molecule has 0 fully saturated rings. The van der Waals surface area contributed by atoms with Crippen LogP contribution in [0.4, 0.5) is 0 Å². The van der Waals surface area contributed by atoms with Gasteiger partial charge in [0.2, 0.25) is 11.8 Å². The standard InChI is InChI=1S/C12H20N4O8/c13-16-7(12(23)24)2-4-9(18)15-6(11(21)22)1-3-8(17)14-5-10(19)20/h6-7,16H,1-5,13H2,(H,14,17)(H,15,18)(H,19,20)(H,21,22)(H,23,24). The number of nitrogens with one attached hydrogen (secondary N) is 3. The molecule has 12 heteroatoms. The van der Waals surface area contributed by atoms with Crippen molar-refractivity contribution in [1.29, 1.82) is 0 Å². The van der Waals surface area contributed by atoms with Crippen LogP contribution in [0.15, 0.2) is 0 Å². The van der Waals surface area contributed by atoms with Gasteiger partial charge in [-0.3, -0.25) is 25.0 Å². The number of carboxylic acids is 3. The zero-order valence-electron chi connectivity index (χ0n) is 12.7. The lowest BCUT2D eigenvalue weighted by Gasteiger charge is -2.15. The number of hydrazine groups is 1. The Hall–Kier alpha value is -2.73. The maximum Gasteiger partial charge on any atom is 0.326 e. The van der Waals surface area contributed by atoms with E-state index in [-0.39, 0.29) is 25.7 Å². The third-order valence-corrected chi connectivity index (χ3v) is 2.89. The maximum absolute atomic E-state index is 11.6. The Labute approximate surface area is 136 Å². The van der Waals surface area contributed by atoms with Crippen LogP contribution in [-0.4, -0.2) is 63.7 Å². The van der Waals surface area contributed by atoms with Gasteiger partial charge in [0.1, 0.15) is 18.6 Å². The summed E-state index contributed by atoms with van der Waals surface area (Å²) in [5, 5.41) is 30.3. The molecule has 136 valence electrons. The predicted octanol–water partition coefficient (Wildman–Crippen LogP) is -2.77. The van der Waals surface area contributed by atoms with Crippen molar-refractivity contribution in [3.63, 3.8) is 0 Å². The molecular formula is C12H20N4O8. The summed E-state index contributed by atoms with van der Waals surface area (Å²) in [6, 6.07) is -2.51. The predicted molar refractivity (Wildman–Crippen MR) is 77.4 cm³/mol. The molecule has 0 bridgehead atoms. The number of rotatable bonds is 12. The topological polar surface area (TPSA) is 208 Å². The molecule has 0 spiro atoms. The molecule has 0 aliphatic rings. The van der Waals surface area contributed by atoms with Gasteiger partial charge < -0.3 is 26.0 Å². The number of hydrogen-bond acceptors (Lipinski definition) is 7. The molecule has 2 atom stereocenters. The first-order valence-electron chi connectivity index (χ1n) is 6.87. The van der Waals surface area contributed by atoms with E-state index in [4.69, 9.17) is 21.2 Å². The van der Waals surface area contributed by atoms with Crippen LogP contribution in [0.25, 0.3) is 0 Å². The van der Waals surface area contributed by atoms with Crippen molar-refractivity contribution in [2.24, 2.45) is 5.84 Å². The fourth-order valence-corrected chi connectivity index (χ4v) is 1.62. The van der Waals surface area contributed by atoms with Crippen LogP contribution in [0.1, 0.15) is 25.7 Å². The van der Waals surface area contributed by atoms with E-state index in [0.717, 1.165) is 0 Å². The SMILES string of the molecule is NNC(CCC(=O)NC(CCC(=O)NCC(=O)O)C(=O)O)C(=O)O. The van der Waals surface area contributed by atoms with Crippen LogP contribution in [0.3, 0.4) is 0 Å². The Morgan fingerprint density at radius 2 is 1.33 bits per heavy atom. The minimum atomic E-state index is -1.37. The summed E-state index contributed by atoms with van der Waals surface area (Å²) >= 11 is 0. The van der Waals surface area contributed by atoms with Gasteiger partial charge in [0, 0.05) is 12.8 Å². The second-order valence-electron chi connectivity index (χ2n) is 4.76. The molecule has 0 radical (unpaired) electrons. The van der Waals surface area contributed by atoms with E-state index < -0.39 is 48.4 Å². The molecule has 0 aromatic rings. The number of carbonyl (C=O) groups excluding carboxylic acids is 2. The highest BCUT2D eigenvalue weighted by molar-refractivity contribution is 5.85. The van der Waals surface area contributed by atoms with Crippen molar-refractivity contribution in [2.75, 3.05) is 6.54 Å². The molecule has 0 aliphatic heterocycles. The number of amides is 2. The Morgan fingerprint density at radius 1 is 0.833 bits per heavy atom. The van der Waals surface area contributed by atoms with Gasteiger partial charge in [0.15, 0.2) is 0 Å². The van der Waals surface area contributed by atoms with Crippen molar-refractivity contribution >= 4 is 29.7 Å². The summed E-state index contributed by atoms with van der Waals surface area (Å²) in [5.41, 5.74) is 2.00. The average molecular weight is 348 g/mol. The summed E-state index contributed by atoms with van der Waals surface area (Å²) in [4.78, 5) is 55.0. The highest BCUT2D eigenvalue weighted by atomic mass is 16.4. The summed E-state index contributed by atoms with van der Waals surface area (Å²) in [7, 11) is 0. The van der Waals surface area contributed by atoms with E-state index in [9.17, 15) is 24.0 Å². The van der Waals surface area contributed by atoms with E-state index in [1.54, 1.807) is 0 Å². The normalized spacial score (nSPS) is 12.7. The first-order valence-corrected chi connectivity index (χ1v) is 6.87. The van der Waals surface area contributed by atoms with Crippen LogP contribution in [0.5, 0.6) is 0 Å². The second kappa shape index (κ2) is 10.9. The van der Waals surface area contributed by atoms with Crippen LogP contribution in [0.2, 0.25) is 0 Å².